The number of hydrogen-bond donors (Lipinski definition) is 1. The third-order valence-electron chi connectivity index (χ3n) is 6.79. The molecule has 0 aromatic rings. The maximum absolute atomic E-state index is 3.87. The van der Waals surface area contributed by atoms with E-state index in [1.807, 2.05) is 0 Å². The van der Waals surface area contributed by atoms with Gasteiger partial charge in [-0.25, -0.2) is 0 Å². The molecule has 4 rings (SSSR count). The van der Waals surface area contributed by atoms with Crippen molar-refractivity contribution in [3.8, 4) is 0 Å². The predicted molar refractivity (Wildman–Crippen MR) is 75.3 cm³/mol. The smallest absolute Gasteiger partial charge is 0.0104 e. The van der Waals surface area contributed by atoms with Crippen LogP contribution in [0.2, 0.25) is 0 Å². The summed E-state index contributed by atoms with van der Waals surface area (Å²) in [5, 5.41) is 3.87. The molecule has 0 saturated heterocycles. The molecule has 0 spiro atoms. The quantitative estimate of drug-likeness (QED) is 0.778. The first-order valence-electron chi connectivity index (χ1n) is 8.62. The second-order valence-corrected chi connectivity index (χ2v) is 7.62. The number of nitrogens with one attached hydrogen (secondary N) is 1. The van der Waals surface area contributed by atoms with Crippen molar-refractivity contribution in [2.45, 2.75) is 64.3 Å². The summed E-state index contributed by atoms with van der Waals surface area (Å²) in [4.78, 5) is 0. The minimum Gasteiger partial charge on any atom is -0.314 e. The number of hydrogen-bond acceptors (Lipinski definition) is 1. The molecule has 5 atom stereocenters. The van der Waals surface area contributed by atoms with Crippen LogP contribution < -0.4 is 5.32 Å². The zero-order valence-corrected chi connectivity index (χ0v) is 11.9. The Labute approximate surface area is 112 Å². The summed E-state index contributed by atoms with van der Waals surface area (Å²) in [6.45, 7) is 3.48. The van der Waals surface area contributed by atoms with Gasteiger partial charge in [-0.05, 0) is 67.7 Å². The molecular weight excluding hydrogens is 218 g/mol. The summed E-state index contributed by atoms with van der Waals surface area (Å²) in [5.41, 5.74) is 0. The molecule has 4 aliphatic carbocycles. The molecule has 0 heterocycles. The highest BCUT2D eigenvalue weighted by Crippen LogP contribution is 2.70. The average Bonchev–Trinajstić information content (AvgIpc) is 2.81. The third-order valence-corrected chi connectivity index (χ3v) is 6.79. The summed E-state index contributed by atoms with van der Waals surface area (Å²) < 4.78 is 0. The normalized spacial score (nSPS) is 47.5. The first-order valence-corrected chi connectivity index (χ1v) is 8.62. The van der Waals surface area contributed by atoms with Gasteiger partial charge in [0.1, 0.15) is 0 Å². The highest BCUT2D eigenvalue weighted by Gasteiger charge is 2.66. The van der Waals surface area contributed by atoms with Crippen LogP contribution in [0.4, 0.5) is 0 Å². The molecule has 0 radical (unpaired) electrons. The Bertz CT molecular complexity index is 291. The molecule has 4 saturated carbocycles. The van der Waals surface area contributed by atoms with E-state index in [0.29, 0.717) is 0 Å². The lowest BCUT2D eigenvalue weighted by atomic mass is 9.90. The van der Waals surface area contributed by atoms with E-state index in [0.717, 1.165) is 41.5 Å². The molecule has 1 N–H and O–H groups in total. The molecule has 5 unspecified atom stereocenters. The Hall–Kier alpha value is -0.0400. The van der Waals surface area contributed by atoms with Crippen LogP contribution in [0, 0.1) is 35.5 Å². The van der Waals surface area contributed by atoms with Crippen molar-refractivity contribution in [3.63, 3.8) is 0 Å². The van der Waals surface area contributed by atoms with E-state index < -0.39 is 0 Å². The lowest BCUT2D eigenvalue weighted by Gasteiger charge is -2.24. The largest absolute Gasteiger partial charge is 0.314 e. The van der Waals surface area contributed by atoms with Gasteiger partial charge < -0.3 is 5.32 Å². The maximum atomic E-state index is 3.87. The van der Waals surface area contributed by atoms with E-state index in [-0.39, 0.29) is 0 Å². The number of rotatable bonds is 5. The highest BCUT2D eigenvalue weighted by molar-refractivity contribution is 5.15. The highest BCUT2D eigenvalue weighted by atomic mass is 14.9. The average molecular weight is 247 g/mol. The Morgan fingerprint density at radius 3 is 2.28 bits per heavy atom. The van der Waals surface area contributed by atoms with Gasteiger partial charge in [-0.15, -0.1) is 0 Å². The number of fused-ring (bicyclic) bond motifs is 5. The van der Waals surface area contributed by atoms with Crippen molar-refractivity contribution in [2.24, 2.45) is 35.5 Å². The fourth-order valence-corrected chi connectivity index (χ4v) is 6.17. The minimum absolute atomic E-state index is 0.886. The van der Waals surface area contributed by atoms with Crippen molar-refractivity contribution >= 4 is 0 Å². The van der Waals surface area contributed by atoms with Crippen molar-refractivity contribution in [2.75, 3.05) is 6.54 Å². The van der Waals surface area contributed by atoms with Crippen LogP contribution in [0.3, 0.4) is 0 Å². The maximum Gasteiger partial charge on any atom is 0.0104 e. The summed E-state index contributed by atoms with van der Waals surface area (Å²) >= 11 is 0. The fraction of sp³-hybridized carbons (Fsp3) is 1.00. The van der Waals surface area contributed by atoms with Crippen molar-refractivity contribution in [3.05, 3.63) is 0 Å². The summed E-state index contributed by atoms with van der Waals surface area (Å²) in [5.74, 6) is 6.78. The van der Waals surface area contributed by atoms with Gasteiger partial charge in [-0.3, -0.25) is 0 Å². The minimum atomic E-state index is 0.886. The van der Waals surface area contributed by atoms with E-state index in [1.165, 1.54) is 38.6 Å². The van der Waals surface area contributed by atoms with Crippen molar-refractivity contribution in [1.29, 1.82) is 0 Å². The second kappa shape index (κ2) is 4.51. The van der Waals surface area contributed by atoms with Crippen LogP contribution in [-0.2, 0) is 0 Å². The van der Waals surface area contributed by atoms with E-state index in [9.17, 15) is 0 Å². The van der Waals surface area contributed by atoms with Crippen molar-refractivity contribution < 1.29 is 0 Å². The third kappa shape index (κ3) is 1.77. The topological polar surface area (TPSA) is 12.0 Å². The molecule has 18 heavy (non-hydrogen) atoms. The van der Waals surface area contributed by atoms with Gasteiger partial charge in [0.05, 0.1) is 0 Å². The Kier molecular flexibility index (Phi) is 2.94. The van der Waals surface area contributed by atoms with Crippen LogP contribution in [0.1, 0.15) is 58.3 Å². The molecule has 102 valence electrons. The molecule has 4 aliphatic rings. The summed E-state index contributed by atoms with van der Waals surface area (Å²) in [6.07, 6.45) is 12.3. The lowest BCUT2D eigenvalue weighted by Crippen LogP contribution is -2.34. The first kappa shape index (κ1) is 11.8. The van der Waals surface area contributed by atoms with Crippen LogP contribution >= 0.6 is 0 Å². The molecule has 1 nitrogen and oxygen atoms in total. The molecular formula is C17H29N. The van der Waals surface area contributed by atoms with Gasteiger partial charge in [-0.2, -0.15) is 0 Å². The van der Waals surface area contributed by atoms with Gasteiger partial charge >= 0.3 is 0 Å². The van der Waals surface area contributed by atoms with Gasteiger partial charge in [0.15, 0.2) is 0 Å². The molecule has 0 amide bonds. The summed E-state index contributed by atoms with van der Waals surface area (Å²) in [6, 6.07) is 0.886. The predicted octanol–water partition coefficient (Wildman–Crippen LogP) is 3.84. The zero-order chi connectivity index (χ0) is 12.1. The van der Waals surface area contributed by atoms with E-state index in [4.69, 9.17) is 0 Å². The standard InChI is InChI=1S/C17H29N/c1-2-18-14(9-11-5-3-4-6-11)17-15-12-7-8-13(10-12)16(15)17/h11-18H,2-10H2,1H3. The van der Waals surface area contributed by atoms with Crippen LogP contribution in [-0.4, -0.2) is 12.6 Å². The molecule has 2 bridgehead atoms. The molecule has 0 aromatic carbocycles. The lowest BCUT2D eigenvalue weighted by molar-refractivity contribution is 0.311. The SMILES string of the molecule is CCNC(CC1CCCC1)C1C2C3CCC(C3)C21. The molecule has 0 aromatic heterocycles. The van der Waals surface area contributed by atoms with Crippen molar-refractivity contribution in [1.82, 2.24) is 5.32 Å². The zero-order valence-electron chi connectivity index (χ0n) is 11.9. The van der Waals surface area contributed by atoms with Gasteiger partial charge in [0.25, 0.3) is 0 Å². The van der Waals surface area contributed by atoms with Gasteiger partial charge in [0.2, 0.25) is 0 Å². The van der Waals surface area contributed by atoms with Crippen LogP contribution in [0.25, 0.3) is 0 Å². The van der Waals surface area contributed by atoms with Crippen LogP contribution in [0.15, 0.2) is 0 Å². The van der Waals surface area contributed by atoms with E-state index >= 15 is 0 Å². The van der Waals surface area contributed by atoms with E-state index in [1.54, 1.807) is 19.3 Å². The Morgan fingerprint density at radius 1 is 1.00 bits per heavy atom. The molecule has 1 heteroatoms. The summed E-state index contributed by atoms with van der Waals surface area (Å²) in [7, 11) is 0. The van der Waals surface area contributed by atoms with E-state index in [2.05, 4.69) is 12.2 Å². The first-order chi connectivity index (χ1) is 8.88. The van der Waals surface area contributed by atoms with Crippen LogP contribution in [0.5, 0.6) is 0 Å². The Morgan fingerprint density at radius 2 is 1.67 bits per heavy atom. The second-order valence-electron chi connectivity index (χ2n) is 7.62. The monoisotopic (exact) mass is 247 g/mol. The Balaban J connectivity index is 1.41. The molecule has 4 fully saturated rings. The van der Waals surface area contributed by atoms with Gasteiger partial charge in [0, 0.05) is 6.04 Å². The van der Waals surface area contributed by atoms with Gasteiger partial charge in [-0.1, -0.05) is 32.6 Å². The molecule has 0 aliphatic heterocycles. The fourth-order valence-electron chi connectivity index (χ4n) is 6.17.